The zero-order valence-electron chi connectivity index (χ0n) is 10.6. The minimum Gasteiger partial charge on any atom is -0.314 e. The van der Waals surface area contributed by atoms with Crippen LogP contribution in [0.2, 0.25) is 0 Å². The number of hydrogen-bond donors (Lipinski definition) is 1. The predicted octanol–water partition coefficient (Wildman–Crippen LogP) is 1.60. The fourth-order valence-corrected chi connectivity index (χ4v) is 2.35. The second kappa shape index (κ2) is 5.43. The van der Waals surface area contributed by atoms with E-state index < -0.39 is 0 Å². The molecule has 0 aromatic heterocycles. The minimum absolute atomic E-state index is 0.149. The monoisotopic (exact) mass is 232 g/mol. The molecule has 0 amide bonds. The SMILES string of the molecule is CC(=O)c1ccc(CN2CCNCC2)cc1C. The molecule has 0 spiro atoms. The lowest BCUT2D eigenvalue weighted by atomic mass is 10.0. The quantitative estimate of drug-likeness (QED) is 0.803. The van der Waals surface area contributed by atoms with Crippen molar-refractivity contribution in [1.82, 2.24) is 10.2 Å². The van der Waals surface area contributed by atoms with Crippen molar-refractivity contribution in [3.8, 4) is 0 Å². The van der Waals surface area contributed by atoms with E-state index in [1.54, 1.807) is 6.92 Å². The number of rotatable bonds is 3. The van der Waals surface area contributed by atoms with Crippen LogP contribution in [0.5, 0.6) is 0 Å². The molecular weight excluding hydrogens is 212 g/mol. The Labute approximate surface area is 103 Å². The summed E-state index contributed by atoms with van der Waals surface area (Å²) < 4.78 is 0. The molecule has 1 heterocycles. The molecule has 1 saturated heterocycles. The van der Waals surface area contributed by atoms with Gasteiger partial charge in [0.25, 0.3) is 0 Å². The molecule has 3 nitrogen and oxygen atoms in total. The molecule has 0 unspecified atom stereocenters. The highest BCUT2D eigenvalue weighted by molar-refractivity contribution is 5.95. The Morgan fingerprint density at radius 3 is 2.65 bits per heavy atom. The first kappa shape index (κ1) is 12.3. The number of aryl methyl sites for hydroxylation is 1. The number of ketones is 1. The average molecular weight is 232 g/mol. The number of Topliss-reactive ketones (excluding diaryl/α,β-unsaturated/α-hetero) is 1. The Bertz CT molecular complexity index is 409. The van der Waals surface area contributed by atoms with E-state index >= 15 is 0 Å². The second-order valence-corrected chi connectivity index (χ2v) is 4.73. The van der Waals surface area contributed by atoms with E-state index in [2.05, 4.69) is 22.3 Å². The van der Waals surface area contributed by atoms with E-state index in [-0.39, 0.29) is 5.78 Å². The van der Waals surface area contributed by atoms with Crippen LogP contribution in [0.4, 0.5) is 0 Å². The number of benzene rings is 1. The van der Waals surface area contributed by atoms with E-state index in [1.165, 1.54) is 5.56 Å². The lowest BCUT2D eigenvalue weighted by molar-refractivity contribution is 0.101. The predicted molar refractivity (Wildman–Crippen MR) is 69.3 cm³/mol. The van der Waals surface area contributed by atoms with Gasteiger partial charge in [-0.3, -0.25) is 9.69 Å². The van der Waals surface area contributed by atoms with Gasteiger partial charge in [0.15, 0.2) is 5.78 Å². The van der Waals surface area contributed by atoms with Gasteiger partial charge in [-0.15, -0.1) is 0 Å². The lowest BCUT2D eigenvalue weighted by Crippen LogP contribution is -2.42. The van der Waals surface area contributed by atoms with Gasteiger partial charge in [0.05, 0.1) is 0 Å². The van der Waals surface area contributed by atoms with Crippen LogP contribution < -0.4 is 5.32 Å². The first-order valence-electron chi connectivity index (χ1n) is 6.20. The van der Waals surface area contributed by atoms with Crippen molar-refractivity contribution < 1.29 is 4.79 Å². The summed E-state index contributed by atoms with van der Waals surface area (Å²) >= 11 is 0. The number of hydrogen-bond acceptors (Lipinski definition) is 3. The highest BCUT2D eigenvalue weighted by atomic mass is 16.1. The van der Waals surface area contributed by atoms with Gasteiger partial charge in [-0.25, -0.2) is 0 Å². The minimum atomic E-state index is 0.149. The summed E-state index contributed by atoms with van der Waals surface area (Å²) in [6.07, 6.45) is 0. The molecule has 0 aliphatic carbocycles. The topological polar surface area (TPSA) is 32.3 Å². The Kier molecular flexibility index (Phi) is 3.92. The van der Waals surface area contributed by atoms with E-state index in [1.807, 2.05) is 13.0 Å². The van der Waals surface area contributed by atoms with Crippen LogP contribution in [0.25, 0.3) is 0 Å². The zero-order valence-corrected chi connectivity index (χ0v) is 10.6. The summed E-state index contributed by atoms with van der Waals surface area (Å²) in [5.41, 5.74) is 3.23. The van der Waals surface area contributed by atoms with E-state index in [0.717, 1.165) is 43.9 Å². The van der Waals surface area contributed by atoms with Gasteiger partial charge >= 0.3 is 0 Å². The first-order chi connectivity index (χ1) is 8.16. The Balaban J connectivity index is 2.06. The van der Waals surface area contributed by atoms with Crippen LogP contribution in [-0.4, -0.2) is 36.9 Å². The maximum Gasteiger partial charge on any atom is 0.160 e. The lowest BCUT2D eigenvalue weighted by Gasteiger charge is -2.27. The second-order valence-electron chi connectivity index (χ2n) is 4.73. The summed E-state index contributed by atoms with van der Waals surface area (Å²) in [6.45, 7) is 8.98. The fourth-order valence-electron chi connectivity index (χ4n) is 2.35. The van der Waals surface area contributed by atoms with Gasteiger partial charge in [0, 0.05) is 38.3 Å². The Hall–Kier alpha value is -1.19. The molecule has 1 aliphatic rings. The molecule has 1 aliphatic heterocycles. The molecule has 1 aromatic rings. The molecule has 92 valence electrons. The van der Waals surface area contributed by atoms with Gasteiger partial charge in [-0.2, -0.15) is 0 Å². The third-order valence-corrected chi connectivity index (χ3v) is 3.29. The van der Waals surface area contributed by atoms with Gasteiger partial charge in [-0.1, -0.05) is 18.2 Å². The summed E-state index contributed by atoms with van der Waals surface area (Å²) in [4.78, 5) is 13.8. The number of carbonyl (C=O) groups excluding carboxylic acids is 1. The first-order valence-corrected chi connectivity index (χ1v) is 6.20. The van der Waals surface area contributed by atoms with Gasteiger partial charge in [-0.05, 0) is 25.0 Å². The van der Waals surface area contributed by atoms with E-state index in [4.69, 9.17) is 0 Å². The standard InChI is InChI=1S/C14H20N2O/c1-11-9-13(3-4-14(11)12(2)17)10-16-7-5-15-6-8-16/h3-4,9,15H,5-8,10H2,1-2H3. The fraction of sp³-hybridized carbons (Fsp3) is 0.500. The van der Waals surface area contributed by atoms with Crippen LogP contribution >= 0.6 is 0 Å². The molecule has 0 saturated carbocycles. The normalized spacial score (nSPS) is 17.1. The van der Waals surface area contributed by atoms with Crippen molar-refractivity contribution in [2.45, 2.75) is 20.4 Å². The van der Waals surface area contributed by atoms with Gasteiger partial charge in [0.1, 0.15) is 0 Å². The number of carbonyl (C=O) groups is 1. The van der Waals surface area contributed by atoms with Crippen LogP contribution in [0, 0.1) is 6.92 Å². The van der Waals surface area contributed by atoms with Crippen molar-refractivity contribution in [3.05, 3.63) is 34.9 Å². The van der Waals surface area contributed by atoms with Crippen molar-refractivity contribution >= 4 is 5.78 Å². The molecule has 0 bridgehead atoms. The molecule has 0 radical (unpaired) electrons. The largest absolute Gasteiger partial charge is 0.314 e. The molecular formula is C14H20N2O. The van der Waals surface area contributed by atoms with Crippen molar-refractivity contribution in [3.63, 3.8) is 0 Å². The van der Waals surface area contributed by atoms with Crippen LogP contribution in [0.15, 0.2) is 18.2 Å². The number of nitrogens with zero attached hydrogens (tertiary/aromatic N) is 1. The third-order valence-electron chi connectivity index (χ3n) is 3.29. The van der Waals surface area contributed by atoms with Crippen molar-refractivity contribution in [2.24, 2.45) is 0 Å². The van der Waals surface area contributed by atoms with Crippen molar-refractivity contribution in [1.29, 1.82) is 0 Å². The maximum atomic E-state index is 11.3. The molecule has 1 N–H and O–H groups in total. The van der Waals surface area contributed by atoms with Crippen LogP contribution in [0.3, 0.4) is 0 Å². The highest BCUT2D eigenvalue weighted by Crippen LogP contribution is 2.13. The van der Waals surface area contributed by atoms with Gasteiger partial charge < -0.3 is 5.32 Å². The van der Waals surface area contributed by atoms with Gasteiger partial charge in [0.2, 0.25) is 0 Å². The summed E-state index contributed by atoms with van der Waals surface area (Å²) in [7, 11) is 0. The summed E-state index contributed by atoms with van der Waals surface area (Å²) in [5, 5.41) is 3.35. The Morgan fingerprint density at radius 2 is 2.06 bits per heavy atom. The van der Waals surface area contributed by atoms with E-state index in [9.17, 15) is 4.79 Å². The average Bonchev–Trinajstić information content (AvgIpc) is 2.30. The molecule has 17 heavy (non-hydrogen) atoms. The molecule has 1 fully saturated rings. The number of piperazine rings is 1. The molecule has 0 atom stereocenters. The smallest absolute Gasteiger partial charge is 0.160 e. The number of nitrogens with one attached hydrogen (secondary N) is 1. The van der Waals surface area contributed by atoms with Crippen molar-refractivity contribution in [2.75, 3.05) is 26.2 Å². The highest BCUT2D eigenvalue weighted by Gasteiger charge is 2.11. The zero-order chi connectivity index (χ0) is 12.3. The molecule has 3 heteroatoms. The Morgan fingerprint density at radius 1 is 1.35 bits per heavy atom. The van der Waals surface area contributed by atoms with Crippen LogP contribution in [0.1, 0.15) is 28.4 Å². The van der Waals surface area contributed by atoms with Crippen LogP contribution in [-0.2, 0) is 6.54 Å². The molecule has 1 aromatic carbocycles. The summed E-state index contributed by atoms with van der Waals surface area (Å²) in [5.74, 6) is 0.149. The summed E-state index contributed by atoms with van der Waals surface area (Å²) in [6, 6.07) is 6.17. The third kappa shape index (κ3) is 3.14. The maximum absolute atomic E-state index is 11.3. The molecule has 2 rings (SSSR count). The van der Waals surface area contributed by atoms with E-state index in [0.29, 0.717) is 0 Å².